The highest BCUT2D eigenvalue weighted by Crippen LogP contribution is 2.14. The minimum atomic E-state index is -3.83. The van der Waals surface area contributed by atoms with Gasteiger partial charge in [0.15, 0.2) is 0 Å². The van der Waals surface area contributed by atoms with Crippen LogP contribution in [0.25, 0.3) is 0 Å². The lowest BCUT2D eigenvalue weighted by atomic mass is 10.1. The topological polar surface area (TPSA) is 86.8 Å². The third-order valence-electron chi connectivity index (χ3n) is 5.47. The number of nitrogens with one attached hydrogen (secondary N) is 1. The van der Waals surface area contributed by atoms with E-state index in [9.17, 15) is 22.4 Å². The molecule has 10 heteroatoms. The average molecular weight is 494 g/mol. The van der Waals surface area contributed by atoms with E-state index in [0.717, 1.165) is 5.56 Å². The van der Waals surface area contributed by atoms with Crippen molar-refractivity contribution in [3.63, 3.8) is 0 Å². The molecule has 0 spiro atoms. The molecule has 33 heavy (non-hydrogen) atoms. The molecule has 1 saturated heterocycles. The molecule has 0 saturated carbocycles. The van der Waals surface area contributed by atoms with E-state index in [1.807, 2.05) is 6.26 Å². The Hall–Kier alpha value is -2.43. The van der Waals surface area contributed by atoms with E-state index >= 15 is 0 Å². The molecule has 178 valence electrons. The molecule has 1 N–H and O–H groups in total. The number of amides is 2. The van der Waals surface area contributed by atoms with Crippen molar-refractivity contribution in [3.8, 4) is 0 Å². The zero-order valence-corrected chi connectivity index (χ0v) is 20.1. The molecular formula is C23H28FN3O4S2. The highest BCUT2D eigenvalue weighted by molar-refractivity contribution is 7.98. The second-order valence-electron chi connectivity index (χ2n) is 7.78. The summed E-state index contributed by atoms with van der Waals surface area (Å²) < 4.78 is 41.2. The normalized spacial score (nSPS) is 15.3. The SMILES string of the molecule is CSCCC(NS(=O)(=O)c1ccccc1)C(=O)N1CCN(C(=O)Cc2ccc(F)cc2)CC1. The predicted molar refractivity (Wildman–Crippen MR) is 127 cm³/mol. The predicted octanol–water partition coefficient (Wildman–Crippen LogP) is 2.14. The van der Waals surface area contributed by atoms with Gasteiger partial charge in [0, 0.05) is 26.2 Å². The summed E-state index contributed by atoms with van der Waals surface area (Å²) in [4.78, 5) is 29.2. The third kappa shape index (κ3) is 7.02. The fraction of sp³-hybridized carbons (Fsp3) is 0.391. The van der Waals surface area contributed by atoms with E-state index in [-0.39, 0.29) is 28.9 Å². The Morgan fingerprint density at radius 2 is 1.61 bits per heavy atom. The maximum atomic E-state index is 13.2. The van der Waals surface area contributed by atoms with Crippen molar-refractivity contribution >= 4 is 33.6 Å². The molecule has 1 heterocycles. The number of rotatable bonds is 9. The Labute approximate surface area is 198 Å². The Kier molecular flexibility index (Phi) is 8.87. The Bertz CT molecular complexity index is 1040. The van der Waals surface area contributed by atoms with Crippen molar-refractivity contribution in [1.29, 1.82) is 0 Å². The molecule has 1 aliphatic heterocycles. The van der Waals surface area contributed by atoms with Gasteiger partial charge in [-0.15, -0.1) is 0 Å². The van der Waals surface area contributed by atoms with E-state index in [1.54, 1.807) is 40.1 Å². The van der Waals surface area contributed by atoms with Gasteiger partial charge < -0.3 is 9.80 Å². The van der Waals surface area contributed by atoms with Gasteiger partial charge in [-0.3, -0.25) is 9.59 Å². The molecule has 1 atom stereocenters. The van der Waals surface area contributed by atoms with Gasteiger partial charge in [-0.1, -0.05) is 30.3 Å². The third-order valence-corrected chi connectivity index (χ3v) is 7.60. The van der Waals surface area contributed by atoms with E-state index < -0.39 is 16.1 Å². The van der Waals surface area contributed by atoms with Gasteiger partial charge in [0.1, 0.15) is 11.9 Å². The summed E-state index contributed by atoms with van der Waals surface area (Å²) in [5, 5.41) is 0. The van der Waals surface area contributed by atoms with Gasteiger partial charge in [-0.25, -0.2) is 12.8 Å². The van der Waals surface area contributed by atoms with Crippen molar-refractivity contribution in [3.05, 3.63) is 66.0 Å². The largest absolute Gasteiger partial charge is 0.339 e. The van der Waals surface area contributed by atoms with Crippen molar-refractivity contribution in [1.82, 2.24) is 14.5 Å². The second-order valence-corrected chi connectivity index (χ2v) is 10.5. The molecular weight excluding hydrogens is 465 g/mol. The van der Waals surface area contributed by atoms with E-state index in [4.69, 9.17) is 0 Å². The van der Waals surface area contributed by atoms with Crippen molar-refractivity contribution in [2.24, 2.45) is 0 Å². The Morgan fingerprint density at radius 3 is 2.21 bits per heavy atom. The zero-order chi connectivity index (χ0) is 23.8. The molecule has 3 rings (SSSR count). The summed E-state index contributed by atoms with van der Waals surface area (Å²) in [6.45, 7) is 1.40. The van der Waals surface area contributed by atoms with Gasteiger partial charge >= 0.3 is 0 Å². The van der Waals surface area contributed by atoms with Gasteiger partial charge in [-0.2, -0.15) is 16.5 Å². The molecule has 2 amide bonds. The van der Waals surface area contributed by atoms with Crippen LogP contribution in [0.15, 0.2) is 59.5 Å². The summed E-state index contributed by atoms with van der Waals surface area (Å²) >= 11 is 1.54. The first-order valence-electron chi connectivity index (χ1n) is 10.7. The first kappa shape index (κ1) is 25.2. The summed E-state index contributed by atoms with van der Waals surface area (Å²) in [5.74, 6) is -0.0898. The Morgan fingerprint density at radius 1 is 1.00 bits per heavy atom. The lowest BCUT2D eigenvalue weighted by molar-refractivity contribution is -0.140. The van der Waals surface area contributed by atoms with Crippen LogP contribution in [0.4, 0.5) is 4.39 Å². The number of carbonyl (C=O) groups is 2. The number of hydrogen-bond donors (Lipinski definition) is 1. The van der Waals surface area contributed by atoms with Crippen LogP contribution in [0.2, 0.25) is 0 Å². The smallest absolute Gasteiger partial charge is 0.241 e. The summed E-state index contributed by atoms with van der Waals surface area (Å²) in [7, 11) is -3.83. The number of carbonyl (C=O) groups excluding carboxylic acids is 2. The minimum absolute atomic E-state index is 0.0857. The lowest BCUT2D eigenvalue weighted by Gasteiger charge is -2.36. The molecule has 1 aliphatic rings. The van der Waals surface area contributed by atoms with Crippen LogP contribution >= 0.6 is 11.8 Å². The van der Waals surface area contributed by atoms with Gasteiger partial charge in [0.05, 0.1) is 11.3 Å². The van der Waals surface area contributed by atoms with Crippen molar-refractivity contribution in [2.45, 2.75) is 23.8 Å². The monoisotopic (exact) mass is 493 g/mol. The maximum Gasteiger partial charge on any atom is 0.241 e. The number of halogens is 1. The highest BCUT2D eigenvalue weighted by Gasteiger charge is 2.31. The first-order chi connectivity index (χ1) is 15.8. The quantitative estimate of drug-likeness (QED) is 0.579. The summed E-state index contributed by atoms with van der Waals surface area (Å²) in [6.07, 6.45) is 2.44. The van der Waals surface area contributed by atoms with E-state index in [0.29, 0.717) is 38.4 Å². The second kappa shape index (κ2) is 11.6. The number of benzene rings is 2. The molecule has 0 aliphatic carbocycles. The maximum absolute atomic E-state index is 13.2. The molecule has 2 aromatic carbocycles. The molecule has 2 aromatic rings. The molecule has 0 bridgehead atoms. The lowest BCUT2D eigenvalue weighted by Crippen LogP contribution is -2.56. The molecule has 7 nitrogen and oxygen atoms in total. The van der Waals surface area contributed by atoms with Crippen LogP contribution in [0.1, 0.15) is 12.0 Å². The fourth-order valence-electron chi connectivity index (χ4n) is 3.61. The standard InChI is InChI=1S/C23H28FN3O4S2/c1-32-16-11-21(25-33(30,31)20-5-3-2-4-6-20)23(29)27-14-12-26(13-15-27)22(28)17-18-7-9-19(24)10-8-18/h2-10,21,25H,11-17H2,1H3. The van der Waals surface area contributed by atoms with Crippen LogP contribution in [-0.4, -0.2) is 74.3 Å². The summed E-state index contributed by atoms with van der Waals surface area (Å²) in [6, 6.07) is 12.9. The van der Waals surface area contributed by atoms with Crippen molar-refractivity contribution < 1.29 is 22.4 Å². The van der Waals surface area contributed by atoms with Crippen LogP contribution in [0.3, 0.4) is 0 Å². The van der Waals surface area contributed by atoms with Gasteiger partial charge in [-0.05, 0) is 48.3 Å². The fourth-order valence-corrected chi connectivity index (χ4v) is 5.32. The van der Waals surface area contributed by atoms with Gasteiger partial charge in [0.2, 0.25) is 21.8 Å². The van der Waals surface area contributed by atoms with Crippen LogP contribution < -0.4 is 4.72 Å². The Balaban J connectivity index is 1.60. The highest BCUT2D eigenvalue weighted by atomic mass is 32.2. The molecule has 0 radical (unpaired) electrons. The first-order valence-corrected chi connectivity index (χ1v) is 13.5. The number of thioether (sulfide) groups is 1. The molecule has 0 aromatic heterocycles. The number of nitrogens with zero attached hydrogens (tertiary/aromatic N) is 2. The minimum Gasteiger partial charge on any atom is -0.339 e. The van der Waals surface area contributed by atoms with Crippen LogP contribution in [0, 0.1) is 5.82 Å². The summed E-state index contributed by atoms with van der Waals surface area (Å²) in [5.41, 5.74) is 0.729. The number of sulfonamides is 1. The van der Waals surface area contributed by atoms with Crippen LogP contribution in [0.5, 0.6) is 0 Å². The molecule has 1 fully saturated rings. The zero-order valence-electron chi connectivity index (χ0n) is 18.4. The number of hydrogen-bond acceptors (Lipinski definition) is 5. The average Bonchev–Trinajstić information content (AvgIpc) is 2.83. The molecule has 1 unspecified atom stereocenters. The number of piperazine rings is 1. The van der Waals surface area contributed by atoms with Crippen molar-refractivity contribution in [2.75, 3.05) is 38.2 Å². The van der Waals surface area contributed by atoms with Crippen LogP contribution in [-0.2, 0) is 26.0 Å². The van der Waals surface area contributed by atoms with E-state index in [2.05, 4.69) is 4.72 Å². The van der Waals surface area contributed by atoms with Gasteiger partial charge in [0.25, 0.3) is 0 Å². The van der Waals surface area contributed by atoms with E-state index in [1.165, 1.54) is 36.0 Å².